The van der Waals surface area contributed by atoms with Crippen molar-refractivity contribution in [3.8, 4) is 17.2 Å². The number of pyridine rings is 1. The van der Waals surface area contributed by atoms with Crippen LogP contribution < -0.4 is 9.47 Å². The SMILES string of the molecule is COc1ccc2c(c1)Cc1cnc3cc(C(F)(F)F)ccc3c1O2. The third-order valence-corrected chi connectivity index (χ3v) is 4.08. The van der Waals surface area contributed by atoms with Crippen LogP contribution in [0.25, 0.3) is 10.9 Å². The molecule has 1 aromatic heterocycles. The molecule has 6 heteroatoms. The van der Waals surface area contributed by atoms with Crippen LogP contribution in [0.1, 0.15) is 16.7 Å². The molecule has 3 aromatic rings. The van der Waals surface area contributed by atoms with Crippen molar-refractivity contribution < 1.29 is 22.6 Å². The number of hydrogen-bond donors (Lipinski definition) is 0. The standard InChI is InChI=1S/C18H12F3NO2/c1-23-13-3-5-16-10(7-13)6-11-9-22-15-8-12(18(19,20)21)2-4-14(15)17(11)24-16/h2-5,7-9H,6H2,1H3. The van der Waals surface area contributed by atoms with E-state index >= 15 is 0 Å². The van der Waals surface area contributed by atoms with E-state index in [-0.39, 0.29) is 5.52 Å². The number of hydrogen-bond acceptors (Lipinski definition) is 3. The van der Waals surface area contributed by atoms with E-state index in [1.54, 1.807) is 25.4 Å². The fraction of sp³-hybridized carbons (Fsp3) is 0.167. The van der Waals surface area contributed by atoms with E-state index in [0.717, 1.165) is 29.0 Å². The molecule has 1 aliphatic heterocycles. The van der Waals surface area contributed by atoms with Gasteiger partial charge >= 0.3 is 6.18 Å². The first-order valence-electron chi connectivity index (χ1n) is 7.29. The number of benzene rings is 2. The minimum Gasteiger partial charge on any atom is -0.497 e. The number of rotatable bonds is 1. The van der Waals surface area contributed by atoms with Gasteiger partial charge in [0.25, 0.3) is 0 Å². The van der Waals surface area contributed by atoms with E-state index in [2.05, 4.69) is 4.98 Å². The lowest BCUT2D eigenvalue weighted by Crippen LogP contribution is -2.07. The molecule has 0 unspecified atom stereocenters. The first kappa shape index (κ1) is 14.8. The Bertz CT molecular complexity index is 951. The Hall–Kier alpha value is -2.76. The first-order valence-corrected chi connectivity index (χ1v) is 7.29. The Morgan fingerprint density at radius 3 is 2.67 bits per heavy atom. The molecule has 1 aliphatic rings. The van der Waals surface area contributed by atoms with Gasteiger partial charge in [-0.1, -0.05) is 0 Å². The zero-order chi connectivity index (χ0) is 16.9. The van der Waals surface area contributed by atoms with E-state index in [1.165, 1.54) is 6.07 Å². The van der Waals surface area contributed by atoms with Gasteiger partial charge in [0.1, 0.15) is 17.2 Å². The maximum atomic E-state index is 12.9. The highest BCUT2D eigenvalue weighted by Crippen LogP contribution is 2.42. The Labute approximate surface area is 135 Å². The third-order valence-electron chi connectivity index (χ3n) is 4.08. The van der Waals surface area contributed by atoms with Crippen LogP contribution in [0.5, 0.6) is 17.2 Å². The van der Waals surface area contributed by atoms with E-state index in [0.29, 0.717) is 23.3 Å². The van der Waals surface area contributed by atoms with E-state index in [1.807, 2.05) is 6.07 Å². The molecule has 2 aromatic carbocycles. The highest BCUT2D eigenvalue weighted by atomic mass is 19.4. The summed E-state index contributed by atoms with van der Waals surface area (Å²) < 4.78 is 49.7. The number of fused-ring (bicyclic) bond motifs is 4. The fourth-order valence-corrected chi connectivity index (χ4v) is 2.87. The molecular formula is C18H12F3NO2. The Balaban J connectivity index is 1.82. The molecule has 0 amide bonds. The van der Waals surface area contributed by atoms with Crippen molar-refractivity contribution in [1.29, 1.82) is 0 Å². The molecule has 122 valence electrons. The van der Waals surface area contributed by atoms with Gasteiger partial charge in [-0.05, 0) is 36.4 Å². The van der Waals surface area contributed by atoms with Crippen molar-refractivity contribution in [3.05, 3.63) is 59.3 Å². The molecule has 4 rings (SSSR count). The summed E-state index contributed by atoms with van der Waals surface area (Å²) in [6, 6.07) is 8.98. The Morgan fingerprint density at radius 1 is 1.08 bits per heavy atom. The lowest BCUT2D eigenvalue weighted by atomic mass is 9.99. The number of nitrogens with zero attached hydrogens (tertiary/aromatic N) is 1. The number of aromatic nitrogens is 1. The van der Waals surface area contributed by atoms with Gasteiger partial charge in [-0.15, -0.1) is 0 Å². The lowest BCUT2D eigenvalue weighted by Gasteiger charge is -2.22. The summed E-state index contributed by atoms with van der Waals surface area (Å²) in [5, 5.41) is 0.571. The van der Waals surface area contributed by atoms with Gasteiger partial charge in [-0.3, -0.25) is 4.98 Å². The van der Waals surface area contributed by atoms with Crippen LogP contribution in [-0.2, 0) is 12.6 Å². The molecule has 3 nitrogen and oxygen atoms in total. The summed E-state index contributed by atoms with van der Waals surface area (Å²) >= 11 is 0. The van der Waals surface area contributed by atoms with Gasteiger partial charge in [0.05, 0.1) is 18.2 Å². The third kappa shape index (κ3) is 2.35. The highest BCUT2D eigenvalue weighted by molar-refractivity contribution is 5.87. The highest BCUT2D eigenvalue weighted by Gasteiger charge is 2.31. The van der Waals surface area contributed by atoms with Crippen LogP contribution in [0.2, 0.25) is 0 Å². The Morgan fingerprint density at radius 2 is 1.92 bits per heavy atom. The van der Waals surface area contributed by atoms with Crippen LogP contribution in [0, 0.1) is 0 Å². The van der Waals surface area contributed by atoms with Gasteiger partial charge in [-0.2, -0.15) is 13.2 Å². The predicted octanol–water partition coefficient (Wildman–Crippen LogP) is 4.96. The summed E-state index contributed by atoms with van der Waals surface area (Å²) in [4.78, 5) is 4.17. The molecule has 0 saturated heterocycles. The molecule has 0 spiro atoms. The van der Waals surface area contributed by atoms with Crippen molar-refractivity contribution >= 4 is 10.9 Å². The van der Waals surface area contributed by atoms with E-state index < -0.39 is 11.7 Å². The largest absolute Gasteiger partial charge is 0.497 e. The smallest absolute Gasteiger partial charge is 0.416 e. The van der Waals surface area contributed by atoms with Crippen LogP contribution in [0.3, 0.4) is 0 Å². The molecule has 0 fully saturated rings. The van der Waals surface area contributed by atoms with Gasteiger partial charge in [0.15, 0.2) is 0 Å². The van der Waals surface area contributed by atoms with Gasteiger partial charge < -0.3 is 9.47 Å². The van der Waals surface area contributed by atoms with Crippen molar-refractivity contribution in [2.45, 2.75) is 12.6 Å². The maximum absolute atomic E-state index is 12.9. The average Bonchev–Trinajstić information content (AvgIpc) is 2.58. The minimum atomic E-state index is -4.39. The number of alkyl halides is 3. The lowest BCUT2D eigenvalue weighted by molar-refractivity contribution is -0.137. The summed E-state index contributed by atoms with van der Waals surface area (Å²) in [5.74, 6) is 1.96. The molecule has 0 bridgehead atoms. The Kier molecular flexibility index (Phi) is 3.16. The minimum absolute atomic E-state index is 0.264. The second kappa shape index (κ2) is 5.12. The van der Waals surface area contributed by atoms with Crippen LogP contribution in [-0.4, -0.2) is 12.1 Å². The summed E-state index contributed by atoms with van der Waals surface area (Å²) in [6.45, 7) is 0. The van der Waals surface area contributed by atoms with E-state index in [4.69, 9.17) is 9.47 Å². The molecule has 0 saturated carbocycles. The van der Waals surface area contributed by atoms with E-state index in [9.17, 15) is 13.2 Å². The molecule has 24 heavy (non-hydrogen) atoms. The fourth-order valence-electron chi connectivity index (χ4n) is 2.87. The summed E-state index contributed by atoms with van der Waals surface area (Å²) in [7, 11) is 1.59. The molecule has 0 N–H and O–H groups in total. The second-order valence-corrected chi connectivity index (χ2v) is 5.59. The normalized spacial score (nSPS) is 13.2. The zero-order valence-electron chi connectivity index (χ0n) is 12.6. The van der Waals surface area contributed by atoms with Crippen LogP contribution >= 0.6 is 0 Å². The summed E-state index contributed by atoms with van der Waals surface area (Å²) in [6.07, 6.45) is -2.23. The monoisotopic (exact) mass is 331 g/mol. The topological polar surface area (TPSA) is 31.4 Å². The summed E-state index contributed by atoms with van der Waals surface area (Å²) in [5.41, 5.74) is 1.34. The number of halogens is 3. The number of ether oxygens (including phenoxy) is 2. The average molecular weight is 331 g/mol. The predicted molar refractivity (Wildman–Crippen MR) is 82.6 cm³/mol. The quantitative estimate of drug-likeness (QED) is 0.494. The molecule has 0 aliphatic carbocycles. The van der Waals surface area contributed by atoms with Gasteiger partial charge in [0.2, 0.25) is 0 Å². The van der Waals surface area contributed by atoms with Crippen molar-refractivity contribution in [1.82, 2.24) is 4.98 Å². The van der Waals surface area contributed by atoms with Crippen molar-refractivity contribution in [3.63, 3.8) is 0 Å². The number of methoxy groups -OCH3 is 1. The van der Waals surface area contributed by atoms with Crippen LogP contribution in [0.4, 0.5) is 13.2 Å². The molecule has 0 atom stereocenters. The maximum Gasteiger partial charge on any atom is 0.416 e. The van der Waals surface area contributed by atoms with Gasteiger partial charge in [0, 0.05) is 29.1 Å². The van der Waals surface area contributed by atoms with Crippen molar-refractivity contribution in [2.75, 3.05) is 7.11 Å². The molecular weight excluding hydrogens is 319 g/mol. The zero-order valence-corrected chi connectivity index (χ0v) is 12.6. The second-order valence-electron chi connectivity index (χ2n) is 5.59. The molecule has 2 heterocycles. The van der Waals surface area contributed by atoms with Crippen molar-refractivity contribution in [2.24, 2.45) is 0 Å². The molecule has 0 radical (unpaired) electrons. The van der Waals surface area contributed by atoms with Gasteiger partial charge in [-0.25, -0.2) is 0 Å². The van der Waals surface area contributed by atoms with Crippen LogP contribution in [0.15, 0.2) is 42.6 Å². The first-order chi connectivity index (χ1) is 11.5.